The van der Waals surface area contributed by atoms with Gasteiger partial charge in [0.15, 0.2) is 5.96 Å². The van der Waals surface area contributed by atoms with Crippen molar-refractivity contribution >= 4 is 41.3 Å². The van der Waals surface area contributed by atoms with Gasteiger partial charge in [0.1, 0.15) is 0 Å². The van der Waals surface area contributed by atoms with Gasteiger partial charge in [-0.05, 0) is 25.3 Å². The number of aliphatic imine (C=N–C) groups is 1. The standard InChI is InChI=1S/C22H33N5S.HI/c1-16(2)21-25-20(15-28-21)13-24-22(23-4)26-19-8-10-27(11-9-19)14-18-7-5-6-17(3)12-18;/h5-7,12,15-16,19H,8-11,13-14H2,1-4H3,(H2,23,24,26);1H. The van der Waals surface area contributed by atoms with Gasteiger partial charge in [-0.25, -0.2) is 4.98 Å². The summed E-state index contributed by atoms with van der Waals surface area (Å²) in [7, 11) is 1.84. The van der Waals surface area contributed by atoms with E-state index in [1.54, 1.807) is 11.3 Å². The molecule has 0 bridgehead atoms. The Morgan fingerprint density at radius 3 is 2.69 bits per heavy atom. The summed E-state index contributed by atoms with van der Waals surface area (Å²) in [6.07, 6.45) is 2.28. The Labute approximate surface area is 196 Å². The fraction of sp³-hybridized carbons (Fsp3) is 0.545. The van der Waals surface area contributed by atoms with Crippen LogP contribution >= 0.6 is 35.3 Å². The Morgan fingerprint density at radius 1 is 1.31 bits per heavy atom. The van der Waals surface area contributed by atoms with Gasteiger partial charge in [0.25, 0.3) is 0 Å². The normalized spacial score (nSPS) is 16.0. The number of guanidine groups is 1. The van der Waals surface area contributed by atoms with Crippen molar-refractivity contribution in [3.63, 3.8) is 0 Å². The van der Waals surface area contributed by atoms with Crippen molar-refractivity contribution in [1.82, 2.24) is 20.5 Å². The lowest BCUT2D eigenvalue weighted by atomic mass is 10.0. The van der Waals surface area contributed by atoms with Crippen molar-refractivity contribution in [2.75, 3.05) is 20.1 Å². The van der Waals surface area contributed by atoms with Gasteiger partial charge >= 0.3 is 0 Å². The maximum atomic E-state index is 4.69. The summed E-state index contributed by atoms with van der Waals surface area (Å²) in [6, 6.07) is 9.31. The van der Waals surface area contributed by atoms with Crippen LogP contribution < -0.4 is 10.6 Å². The second-order valence-corrected chi connectivity index (χ2v) is 8.83. The number of piperidine rings is 1. The fourth-order valence-corrected chi connectivity index (χ4v) is 4.37. The Hall–Kier alpha value is -1.19. The first kappa shape index (κ1) is 24.1. The zero-order valence-corrected chi connectivity index (χ0v) is 21.1. The summed E-state index contributed by atoms with van der Waals surface area (Å²) in [4.78, 5) is 11.6. The molecule has 0 saturated carbocycles. The van der Waals surface area contributed by atoms with Gasteiger partial charge in [-0.15, -0.1) is 35.3 Å². The molecule has 2 N–H and O–H groups in total. The number of aryl methyl sites for hydroxylation is 1. The van der Waals surface area contributed by atoms with Gasteiger partial charge < -0.3 is 10.6 Å². The lowest BCUT2D eigenvalue weighted by Crippen LogP contribution is -2.48. The molecule has 2 aromatic rings. The highest BCUT2D eigenvalue weighted by atomic mass is 127. The lowest BCUT2D eigenvalue weighted by Gasteiger charge is -2.33. The third-order valence-electron chi connectivity index (χ3n) is 5.14. The van der Waals surface area contributed by atoms with E-state index in [0.717, 1.165) is 50.7 Å². The molecule has 7 heteroatoms. The predicted molar refractivity (Wildman–Crippen MR) is 134 cm³/mol. The molecular formula is C22H34IN5S. The quantitative estimate of drug-likeness (QED) is 0.330. The minimum atomic E-state index is 0. The van der Waals surface area contributed by atoms with Gasteiger partial charge in [0.2, 0.25) is 0 Å². The molecule has 1 saturated heterocycles. The predicted octanol–water partition coefficient (Wildman–Crippen LogP) is 4.52. The molecule has 0 amide bonds. The largest absolute Gasteiger partial charge is 0.354 e. The summed E-state index contributed by atoms with van der Waals surface area (Å²) in [5.41, 5.74) is 3.84. The minimum absolute atomic E-state index is 0. The maximum absolute atomic E-state index is 4.69. The second kappa shape index (κ2) is 11.9. The molecule has 0 spiro atoms. The van der Waals surface area contributed by atoms with E-state index in [1.807, 2.05) is 7.05 Å². The number of benzene rings is 1. The lowest BCUT2D eigenvalue weighted by molar-refractivity contribution is 0.198. The molecule has 0 unspecified atom stereocenters. The number of rotatable bonds is 6. The summed E-state index contributed by atoms with van der Waals surface area (Å²) in [5.74, 6) is 1.36. The number of thiazole rings is 1. The highest BCUT2D eigenvalue weighted by Crippen LogP contribution is 2.19. The Morgan fingerprint density at radius 2 is 2.07 bits per heavy atom. The van der Waals surface area contributed by atoms with Crippen LogP contribution in [0.2, 0.25) is 0 Å². The van der Waals surface area contributed by atoms with Crippen LogP contribution in [0.25, 0.3) is 0 Å². The Bertz CT molecular complexity index is 781. The van der Waals surface area contributed by atoms with Crippen molar-refractivity contribution in [2.45, 2.75) is 58.7 Å². The first-order valence-electron chi connectivity index (χ1n) is 10.2. The number of nitrogens with zero attached hydrogens (tertiary/aromatic N) is 3. The van der Waals surface area contributed by atoms with Crippen LogP contribution in [-0.4, -0.2) is 42.0 Å². The van der Waals surface area contributed by atoms with Crippen LogP contribution in [0.5, 0.6) is 0 Å². The third kappa shape index (κ3) is 7.53. The smallest absolute Gasteiger partial charge is 0.191 e. The molecule has 1 aromatic carbocycles. The van der Waals surface area contributed by atoms with Crippen LogP contribution in [0.4, 0.5) is 0 Å². The van der Waals surface area contributed by atoms with Crippen molar-refractivity contribution in [3.05, 3.63) is 51.5 Å². The molecule has 0 radical (unpaired) electrons. The van der Waals surface area contributed by atoms with E-state index < -0.39 is 0 Å². The number of halogens is 1. The second-order valence-electron chi connectivity index (χ2n) is 7.94. The topological polar surface area (TPSA) is 52.6 Å². The van der Waals surface area contributed by atoms with E-state index in [1.165, 1.54) is 16.1 Å². The van der Waals surface area contributed by atoms with Crippen LogP contribution in [-0.2, 0) is 13.1 Å². The molecule has 29 heavy (non-hydrogen) atoms. The Balaban J connectivity index is 0.00000300. The maximum Gasteiger partial charge on any atom is 0.191 e. The van der Waals surface area contributed by atoms with E-state index >= 15 is 0 Å². The zero-order chi connectivity index (χ0) is 19.9. The third-order valence-corrected chi connectivity index (χ3v) is 6.34. The number of likely N-dealkylation sites (tertiary alicyclic amines) is 1. The van der Waals surface area contributed by atoms with E-state index in [4.69, 9.17) is 0 Å². The molecule has 1 aliphatic rings. The molecule has 160 valence electrons. The molecule has 0 aliphatic carbocycles. The fourth-order valence-electron chi connectivity index (χ4n) is 3.54. The number of aromatic nitrogens is 1. The van der Waals surface area contributed by atoms with Crippen LogP contribution in [0.15, 0.2) is 34.6 Å². The van der Waals surface area contributed by atoms with Gasteiger partial charge in [0.05, 0.1) is 17.2 Å². The zero-order valence-electron chi connectivity index (χ0n) is 17.9. The molecule has 1 fully saturated rings. The summed E-state index contributed by atoms with van der Waals surface area (Å²) in [6.45, 7) is 10.5. The molecule has 3 rings (SSSR count). The number of nitrogens with one attached hydrogen (secondary N) is 2. The molecule has 1 aliphatic heterocycles. The monoisotopic (exact) mass is 527 g/mol. The van der Waals surface area contributed by atoms with Crippen molar-refractivity contribution in [1.29, 1.82) is 0 Å². The van der Waals surface area contributed by atoms with E-state index in [9.17, 15) is 0 Å². The average Bonchev–Trinajstić information content (AvgIpc) is 3.16. The Kier molecular flexibility index (Phi) is 9.85. The first-order chi connectivity index (χ1) is 13.5. The van der Waals surface area contributed by atoms with Gasteiger partial charge in [0, 0.05) is 44.0 Å². The van der Waals surface area contributed by atoms with Crippen LogP contribution in [0.3, 0.4) is 0 Å². The van der Waals surface area contributed by atoms with Gasteiger partial charge in [-0.1, -0.05) is 43.7 Å². The van der Waals surface area contributed by atoms with Gasteiger partial charge in [-0.3, -0.25) is 9.89 Å². The highest BCUT2D eigenvalue weighted by molar-refractivity contribution is 14.0. The summed E-state index contributed by atoms with van der Waals surface area (Å²) >= 11 is 1.74. The van der Waals surface area contributed by atoms with Crippen molar-refractivity contribution < 1.29 is 0 Å². The number of hydrogen-bond donors (Lipinski definition) is 2. The molecule has 2 heterocycles. The van der Waals surface area contributed by atoms with Crippen molar-refractivity contribution in [2.24, 2.45) is 4.99 Å². The van der Waals surface area contributed by atoms with E-state index in [-0.39, 0.29) is 24.0 Å². The number of hydrogen-bond acceptors (Lipinski definition) is 4. The summed E-state index contributed by atoms with van der Waals surface area (Å²) in [5, 5.41) is 10.3. The van der Waals surface area contributed by atoms with E-state index in [0.29, 0.717) is 12.0 Å². The van der Waals surface area contributed by atoms with Crippen LogP contribution in [0, 0.1) is 6.92 Å². The minimum Gasteiger partial charge on any atom is -0.354 e. The molecule has 5 nitrogen and oxygen atoms in total. The highest BCUT2D eigenvalue weighted by Gasteiger charge is 2.20. The first-order valence-corrected chi connectivity index (χ1v) is 11.1. The molecular weight excluding hydrogens is 493 g/mol. The molecule has 0 atom stereocenters. The average molecular weight is 528 g/mol. The SMILES string of the molecule is CN=C(NCc1csc(C(C)C)n1)NC1CCN(Cc2cccc(C)c2)CC1.I. The van der Waals surface area contributed by atoms with E-state index in [2.05, 4.69) is 75.9 Å². The summed E-state index contributed by atoms with van der Waals surface area (Å²) < 4.78 is 0. The van der Waals surface area contributed by atoms with Crippen LogP contribution in [0.1, 0.15) is 54.4 Å². The van der Waals surface area contributed by atoms with Crippen molar-refractivity contribution in [3.8, 4) is 0 Å². The van der Waals surface area contributed by atoms with Gasteiger partial charge in [-0.2, -0.15) is 0 Å². The molecule has 1 aromatic heterocycles.